The van der Waals surface area contributed by atoms with Crippen molar-refractivity contribution in [2.75, 3.05) is 42.7 Å². The number of benzene rings is 6. The van der Waals surface area contributed by atoms with Crippen molar-refractivity contribution in [1.29, 1.82) is 0 Å². The van der Waals surface area contributed by atoms with Crippen LogP contribution in [0.1, 0.15) is 5.56 Å². The molecule has 0 N–H and O–H groups in total. The maximum absolute atomic E-state index is 6.53. The zero-order valence-electron chi connectivity index (χ0n) is 23.7. The molecule has 208 valence electrons. The summed E-state index contributed by atoms with van der Waals surface area (Å²) in [6.45, 7) is 4.01. The van der Waals surface area contributed by atoms with Gasteiger partial charge in [0.15, 0.2) is 0 Å². The first-order chi connectivity index (χ1) is 19.9. The maximum Gasteiger partial charge on any atom is 0.136 e. The Labute approximate surface area is 242 Å². The van der Waals surface area contributed by atoms with E-state index >= 15 is 0 Å². The lowest BCUT2D eigenvalue weighted by Crippen LogP contribution is -1.98. The zero-order chi connectivity index (χ0) is 29.0. The van der Waals surface area contributed by atoms with E-state index < -0.39 is 0 Å². The van der Waals surface area contributed by atoms with Crippen molar-refractivity contribution in [2.45, 2.75) is 0 Å². The van der Waals surface area contributed by atoms with Crippen LogP contribution in [-0.4, -0.2) is 42.7 Å². The predicted molar refractivity (Wildman–Crippen MR) is 168 cm³/mol. The lowest BCUT2D eigenvalue weighted by Gasteiger charge is -2.21. The number of hydrogen-bond donors (Lipinski definition) is 0. The van der Waals surface area contributed by atoms with Gasteiger partial charge in [-0.05, 0) is 53.2 Å². The molecule has 0 unspecified atom stereocenters. The minimum atomic E-state index is 0.342. The molecule has 7 heteroatoms. The Kier molecular flexibility index (Phi) is 6.59. The van der Waals surface area contributed by atoms with Crippen LogP contribution in [0, 0.1) is 0 Å². The standard InChI is InChI=1S/C34H29ClO6/c1-17(35)21-14-28(40-6)23-16-27(39-5)20-11-9-18-8-10-19-26(38-4)15-22-24(36-2)12-13-25(37-3)30(22)31(19)29(18)32(20)33(23)34(21)41-7/h8-16H,1H2,2-7H3. The molecule has 6 aromatic rings. The van der Waals surface area contributed by atoms with Gasteiger partial charge < -0.3 is 28.4 Å². The predicted octanol–water partition coefficient (Wildman–Crippen LogP) is 8.71. The number of hydrogen-bond acceptors (Lipinski definition) is 6. The number of halogens is 1. The average Bonchev–Trinajstić information content (AvgIpc) is 3.01. The minimum absolute atomic E-state index is 0.342. The van der Waals surface area contributed by atoms with Crippen LogP contribution in [-0.2, 0) is 0 Å². The fraction of sp³-hybridized carbons (Fsp3) is 0.176. The Morgan fingerprint density at radius 2 is 0.976 bits per heavy atom. The summed E-state index contributed by atoms with van der Waals surface area (Å²) in [5.74, 6) is 4.04. The summed E-state index contributed by atoms with van der Waals surface area (Å²) in [6.07, 6.45) is 0. The van der Waals surface area contributed by atoms with Gasteiger partial charge in [0.2, 0.25) is 0 Å². The van der Waals surface area contributed by atoms with E-state index in [0.717, 1.165) is 53.9 Å². The Balaban J connectivity index is 2.07. The Morgan fingerprint density at radius 3 is 1.49 bits per heavy atom. The molecule has 0 saturated heterocycles. The van der Waals surface area contributed by atoms with E-state index in [0.29, 0.717) is 45.1 Å². The van der Waals surface area contributed by atoms with Crippen LogP contribution in [0.2, 0.25) is 0 Å². The van der Waals surface area contributed by atoms with Crippen molar-refractivity contribution in [3.8, 4) is 34.5 Å². The molecule has 0 spiro atoms. The summed E-state index contributed by atoms with van der Waals surface area (Å²) in [4.78, 5) is 0. The van der Waals surface area contributed by atoms with Crippen molar-refractivity contribution >= 4 is 70.5 Å². The molecule has 0 aliphatic heterocycles. The fourth-order valence-corrected chi connectivity index (χ4v) is 6.20. The Bertz CT molecular complexity index is 2040. The highest BCUT2D eigenvalue weighted by Crippen LogP contribution is 2.52. The number of rotatable bonds is 7. The molecular formula is C34H29ClO6. The van der Waals surface area contributed by atoms with Crippen molar-refractivity contribution in [3.63, 3.8) is 0 Å². The molecule has 0 aliphatic rings. The van der Waals surface area contributed by atoms with Crippen LogP contribution in [0.15, 0.2) is 61.2 Å². The number of methoxy groups -OCH3 is 6. The number of ether oxygens (including phenoxy) is 6. The highest BCUT2D eigenvalue weighted by molar-refractivity contribution is 6.49. The monoisotopic (exact) mass is 568 g/mol. The molecular weight excluding hydrogens is 540 g/mol. The Hall–Kier alpha value is -4.55. The van der Waals surface area contributed by atoms with Crippen molar-refractivity contribution in [1.82, 2.24) is 0 Å². The third-order valence-electron chi connectivity index (χ3n) is 7.81. The molecule has 0 saturated carbocycles. The van der Waals surface area contributed by atoms with Crippen molar-refractivity contribution in [2.24, 2.45) is 0 Å². The van der Waals surface area contributed by atoms with E-state index in [2.05, 4.69) is 30.8 Å². The molecule has 6 rings (SSSR count). The van der Waals surface area contributed by atoms with Crippen LogP contribution in [0.4, 0.5) is 0 Å². The van der Waals surface area contributed by atoms with Gasteiger partial charge in [-0.3, -0.25) is 0 Å². The maximum atomic E-state index is 6.53. The van der Waals surface area contributed by atoms with Gasteiger partial charge in [0.1, 0.15) is 34.5 Å². The van der Waals surface area contributed by atoms with E-state index in [9.17, 15) is 0 Å². The summed E-state index contributed by atoms with van der Waals surface area (Å²) in [7, 11) is 9.94. The first-order valence-corrected chi connectivity index (χ1v) is 13.3. The zero-order valence-corrected chi connectivity index (χ0v) is 24.5. The molecule has 0 aromatic heterocycles. The summed E-state index contributed by atoms with van der Waals surface area (Å²) < 4.78 is 35.6. The number of fused-ring (bicyclic) bond motifs is 9. The average molecular weight is 569 g/mol. The molecule has 0 bridgehead atoms. The SMILES string of the molecule is C=C(Cl)c1cc(OC)c2cc(OC)c3ccc4ccc5c(OC)cc6c(OC)ccc(OC)c6c5c4c3c2c1OC. The van der Waals surface area contributed by atoms with Crippen LogP contribution in [0.3, 0.4) is 0 Å². The van der Waals surface area contributed by atoms with E-state index in [1.807, 2.05) is 30.3 Å². The molecule has 0 atom stereocenters. The summed E-state index contributed by atoms with van der Waals surface area (Å²) in [5.41, 5.74) is 0.643. The molecule has 6 nitrogen and oxygen atoms in total. The quantitative estimate of drug-likeness (QED) is 0.179. The lowest BCUT2D eigenvalue weighted by atomic mass is 9.88. The third-order valence-corrected chi connectivity index (χ3v) is 8.02. The molecule has 41 heavy (non-hydrogen) atoms. The van der Waals surface area contributed by atoms with E-state index in [1.165, 1.54) is 0 Å². The topological polar surface area (TPSA) is 55.4 Å². The fourth-order valence-electron chi connectivity index (χ4n) is 6.06. The van der Waals surface area contributed by atoms with E-state index in [4.69, 9.17) is 40.0 Å². The van der Waals surface area contributed by atoms with Gasteiger partial charge >= 0.3 is 0 Å². The van der Waals surface area contributed by atoms with Crippen LogP contribution < -0.4 is 28.4 Å². The van der Waals surface area contributed by atoms with Crippen LogP contribution >= 0.6 is 11.6 Å². The molecule has 0 radical (unpaired) electrons. The molecule has 0 aliphatic carbocycles. The summed E-state index contributed by atoms with van der Waals surface area (Å²) >= 11 is 6.53. The summed E-state index contributed by atoms with van der Waals surface area (Å²) in [5, 5.41) is 9.42. The van der Waals surface area contributed by atoms with Crippen LogP contribution in [0.25, 0.3) is 58.9 Å². The normalized spacial score (nSPS) is 11.4. The molecule has 6 aromatic carbocycles. The van der Waals surface area contributed by atoms with Gasteiger partial charge in [-0.15, -0.1) is 0 Å². The second-order valence-electron chi connectivity index (χ2n) is 9.61. The highest BCUT2D eigenvalue weighted by Gasteiger charge is 2.24. The van der Waals surface area contributed by atoms with E-state index in [-0.39, 0.29) is 0 Å². The largest absolute Gasteiger partial charge is 0.496 e. The summed E-state index contributed by atoms with van der Waals surface area (Å²) in [6, 6.07) is 18.0. The van der Waals surface area contributed by atoms with Gasteiger partial charge in [-0.2, -0.15) is 0 Å². The van der Waals surface area contributed by atoms with Crippen molar-refractivity contribution < 1.29 is 28.4 Å². The third kappa shape index (κ3) is 3.78. The second-order valence-corrected chi connectivity index (χ2v) is 10.1. The van der Waals surface area contributed by atoms with Crippen molar-refractivity contribution in [3.05, 3.63) is 66.7 Å². The Morgan fingerprint density at radius 1 is 0.488 bits per heavy atom. The molecule has 0 fully saturated rings. The first-order valence-electron chi connectivity index (χ1n) is 12.9. The minimum Gasteiger partial charge on any atom is -0.496 e. The van der Waals surface area contributed by atoms with Gasteiger partial charge in [0.05, 0.1) is 42.7 Å². The van der Waals surface area contributed by atoms with Crippen LogP contribution in [0.5, 0.6) is 34.5 Å². The van der Waals surface area contributed by atoms with Gasteiger partial charge in [0.25, 0.3) is 0 Å². The van der Waals surface area contributed by atoms with Gasteiger partial charge in [-0.25, -0.2) is 0 Å². The molecule has 0 amide bonds. The van der Waals surface area contributed by atoms with Gasteiger partial charge in [-0.1, -0.05) is 30.3 Å². The highest BCUT2D eigenvalue weighted by atomic mass is 35.5. The smallest absolute Gasteiger partial charge is 0.136 e. The lowest BCUT2D eigenvalue weighted by molar-refractivity contribution is 0.408. The van der Waals surface area contributed by atoms with E-state index in [1.54, 1.807) is 42.7 Å². The second kappa shape index (κ2) is 10.1. The first kappa shape index (κ1) is 26.7. The molecule has 0 heterocycles. The van der Waals surface area contributed by atoms with Gasteiger partial charge in [0, 0.05) is 53.7 Å².